The van der Waals surface area contributed by atoms with Crippen LogP contribution in [-0.2, 0) is 4.79 Å². The largest absolute Gasteiger partial charge is 0.399 e. The summed E-state index contributed by atoms with van der Waals surface area (Å²) in [5.41, 5.74) is 6.81. The van der Waals surface area contributed by atoms with E-state index in [0.29, 0.717) is 24.5 Å². The number of nitrogens with two attached hydrogens (primary N) is 1. The number of nitrogens with zero attached hydrogens (tertiary/aromatic N) is 1. The van der Waals surface area contributed by atoms with Crippen LogP contribution in [0.2, 0.25) is 0 Å². The van der Waals surface area contributed by atoms with Crippen molar-refractivity contribution in [3.8, 4) is 0 Å². The Labute approximate surface area is 106 Å². The Morgan fingerprint density at radius 1 is 1.28 bits per heavy atom. The average molecular weight is 253 g/mol. The molecule has 0 bridgehead atoms. The van der Waals surface area contributed by atoms with Gasteiger partial charge in [-0.15, -0.1) is 0 Å². The molecular weight excluding hydrogens is 234 g/mol. The van der Waals surface area contributed by atoms with Crippen molar-refractivity contribution < 1.29 is 15.0 Å². The smallest absolute Gasteiger partial charge is 0.238 e. The van der Waals surface area contributed by atoms with Gasteiger partial charge in [0.05, 0.1) is 19.8 Å². The molecule has 0 fully saturated rings. The van der Waals surface area contributed by atoms with Crippen molar-refractivity contribution in [3.05, 3.63) is 24.3 Å². The van der Waals surface area contributed by atoms with Gasteiger partial charge in [0, 0.05) is 24.5 Å². The van der Waals surface area contributed by atoms with E-state index in [1.165, 1.54) is 0 Å². The lowest BCUT2D eigenvalue weighted by molar-refractivity contribution is -0.117. The first-order chi connectivity index (χ1) is 8.65. The molecule has 0 aliphatic rings. The summed E-state index contributed by atoms with van der Waals surface area (Å²) in [5, 5.41) is 20.4. The highest BCUT2D eigenvalue weighted by Gasteiger charge is 2.09. The summed E-state index contributed by atoms with van der Waals surface area (Å²) in [6.45, 7) is 0.725. The summed E-state index contributed by atoms with van der Waals surface area (Å²) in [6.07, 6.45) is 0. The Morgan fingerprint density at radius 2 is 1.94 bits per heavy atom. The third-order valence-corrected chi connectivity index (χ3v) is 2.37. The SMILES string of the molecule is Nc1cccc(NC(=O)CN(CCO)CCO)c1. The van der Waals surface area contributed by atoms with Crippen molar-refractivity contribution >= 4 is 17.3 Å². The second kappa shape index (κ2) is 7.65. The molecule has 0 aromatic heterocycles. The molecule has 0 unspecified atom stereocenters. The van der Waals surface area contributed by atoms with Crippen molar-refractivity contribution in [2.75, 3.05) is 43.9 Å². The third kappa shape index (κ3) is 5.13. The molecule has 1 aromatic carbocycles. The quantitative estimate of drug-likeness (QED) is 0.491. The highest BCUT2D eigenvalue weighted by molar-refractivity contribution is 5.92. The maximum atomic E-state index is 11.7. The van der Waals surface area contributed by atoms with Crippen LogP contribution in [0.25, 0.3) is 0 Å². The minimum absolute atomic E-state index is 0.0500. The van der Waals surface area contributed by atoms with E-state index in [1.54, 1.807) is 29.2 Å². The predicted octanol–water partition coefficient (Wildman–Crippen LogP) is -0.506. The van der Waals surface area contributed by atoms with Crippen LogP contribution >= 0.6 is 0 Å². The van der Waals surface area contributed by atoms with Gasteiger partial charge in [-0.3, -0.25) is 9.69 Å². The van der Waals surface area contributed by atoms with Gasteiger partial charge in [0.1, 0.15) is 0 Å². The lowest BCUT2D eigenvalue weighted by Gasteiger charge is -2.19. The fraction of sp³-hybridized carbons (Fsp3) is 0.417. The molecule has 0 heterocycles. The molecule has 0 atom stereocenters. The zero-order chi connectivity index (χ0) is 13.4. The van der Waals surface area contributed by atoms with E-state index >= 15 is 0 Å². The van der Waals surface area contributed by atoms with Gasteiger partial charge in [-0.25, -0.2) is 0 Å². The van der Waals surface area contributed by atoms with Crippen molar-refractivity contribution in [2.45, 2.75) is 0 Å². The minimum atomic E-state index is -0.206. The summed E-state index contributed by atoms with van der Waals surface area (Å²) >= 11 is 0. The summed E-state index contributed by atoms with van der Waals surface area (Å²) in [6, 6.07) is 6.90. The van der Waals surface area contributed by atoms with E-state index < -0.39 is 0 Å². The molecule has 1 rings (SSSR count). The van der Waals surface area contributed by atoms with E-state index in [1.807, 2.05) is 0 Å². The van der Waals surface area contributed by atoms with Gasteiger partial charge in [0.25, 0.3) is 0 Å². The number of rotatable bonds is 7. The van der Waals surface area contributed by atoms with Gasteiger partial charge in [-0.05, 0) is 18.2 Å². The van der Waals surface area contributed by atoms with Crippen LogP contribution in [0.5, 0.6) is 0 Å². The third-order valence-electron chi connectivity index (χ3n) is 2.37. The van der Waals surface area contributed by atoms with E-state index in [-0.39, 0.29) is 25.7 Å². The fourth-order valence-corrected chi connectivity index (χ4v) is 1.57. The van der Waals surface area contributed by atoms with E-state index in [0.717, 1.165) is 0 Å². The first-order valence-corrected chi connectivity index (χ1v) is 5.75. The van der Waals surface area contributed by atoms with Gasteiger partial charge >= 0.3 is 0 Å². The molecule has 1 aromatic rings. The van der Waals surface area contributed by atoms with Crippen LogP contribution in [0.1, 0.15) is 0 Å². The average Bonchev–Trinajstić information content (AvgIpc) is 2.29. The molecule has 5 N–H and O–H groups in total. The van der Waals surface area contributed by atoms with E-state index in [4.69, 9.17) is 15.9 Å². The number of benzene rings is 1. The number of carbonyl (C=O) groups excluding carboxylic acids is 1. The molecular formula is C12H19N3O3. The van der Waals surface area contributed by atoms with Crippen molar-refractivity contribution in [2.24, 2.45) is 0 Å². The molecule has 0 saturated heterocycles. The molecule has 0 aliphatic carbocycles. The number of hydrogen-bond acceptors (Lipinski definition) is 5. The molecule has 0 aliphatic heterocycles. The zero-order valence-electron chi connectivity index (χ0n) is 10.2. The van der Waals surface area contributed by atoms with Crippen molar-refractivity contribution in [3.63, 3.8) is 0 Å². The molecule has 0 saturated carbocycles. The first-order valence-electron chi connectivity index (χ1n) is 5.75. The molecule has 100 valence electrons. The number of hydrogen-bond donors (Lipinski definition) is 4. The maximum absolute atomic E-state index is 11.7. The molecule has 6 nitrogen and oxygen atoms in total. The highest BCUT2D eigenvalue weighted by atomic mass is 16.3. The fourth-order valence-electron chi connectivity index (χ4n) is 1.57. The van der Waals surface area contributed by atoms with E-state index in [2.05, 4.69) is 5.32 Å². The minimum Gasteiger partial charge on any atom is -0.399 e. The molecule has 6 heteroatoms. The summed E-state index contributed by atoms with van der Waals surface area (Å²) in [7, 11) is 0. The number of nitrogens with one attached hydrogen (secondary N) is 1. The zero-order valence-corrected chi connectivity index (χ0v) is 10.2. The summed E-state index contributed by atoms with van der Waals surface area (Å²) < 4.78 is 0. The molecule has 0 spiro atoms. The monoisotopic (exact) mass is 253 g/mol. The highest BCUT2D eigenvalue weighted by Crippen LogP contribution is 2.11. The number of aliphatic hydroxyl groups is 2. The molecule has 1 amide bonds. The second-order valence-corrected chi connectivity index (χ2v) is 3.90. The number of amides is 1. The van der Waals surface area contributed by atoms with Crippen LogP contribution in [0, 0.1) is 0 Å². The lowest BCUT2D eigenvalue weighted by atomic mass is 10.3. The summed E-state index contributed by atoms with van der Waals surface area (Å²) in [5.74, 6) is -0.206. The Balaban J connectivity index is 2.49. The normalized spacial score (nSPS) is 10.6. The van der Waals surface area contributed by atoms with Gasteiger partial charge in [0.15, 0.2) is 0 Å². The Hall–Kier alpha value is -1.63. The van der Waals surface area contributed by atoms with E-state index in [9.17, 15) is 4.79 Å². The number of aliphatic hydroxyl groups excluding tert-OH is 2. The molecule has 0 radical (unpaired) electrons. The number of nitrogen functional groups attached to an aromatic ring is 1. The van der Waals surface area contributed by atoms with Crippen LogP contribution in [0.3, 0.4) is 0 Å². The van der Waals surface area contributed by atoms with Gasteiger partial charge in [-0.2, -0.15) is 0 Å². The maximum Gasteiger partial charge on any atom is 0.238 e. The Morgan fingerprint density at radius 3 is 2.50 bits per heavy atom. The van der Waals surface area contributed by atoms with Gasteiger partial charge in [0.2, 0.25) is 5.91 Å². The van der Waals surface area contributed by atoms with Crippen LogP contribution in [0.4, 0.5) is 11.4 Å². The number of anilines is 2. The standard InChI is InChI=1S/C12H19N3O3/c13-10-2-1-3-11(8-10)14-12(18)9-15(4-6-16)5-7-17/h1-3,8,16-17H,4-7,9,13H2,(H,14,18). The van der Waals surface area contributed by atoms with Gasteiger partial charge < -0.3 is 21.3 Å². The van der Waals surface area contributed by atoms with Crippen LogP contribution in [-0.4, -0.2) is 53.9 Å². The topological polar surface area (TPSA) is 98.8 Å². The predicted molar refractivity (Wildman–Crippen MR) is 70.1 cm³/mol. The lowest BCUT2D eigenvalue weighted by Crippen LogP contribution is -2.37. The van der Waals surface area contributed by atoms with Crippen LogP contribution in [0.15, 0.2) is 24.3 Å². The Bertz CT molecular complexity index is 379. The van der Waals surface area contributed by atoms with Crippen molar-refractivity contribution in [1.29, 1.82) is 0 Å². The van der Waals surface area contributed by atoms with Gasteiger partial charge in [-0.1, -0.05) is 6.07 Å². The Kier molecular flexibility index (Phi) is 6.13. The van der Waals surface area contributed by atoms with Crippen LogP contribution < -0.4 is 11.1 Å². The van der Waals surface area contributed by atoms with Crippen molar-refractivity contribution in [1.82, 2.24) is 4.90 Å². The summed E-state index contributed by atoms with van der Waals surface area (Å²) in [4.78, 5) is 13.4. The second-order valence-electron chi connectivity index (χ2n) is 3.90. The molecule has 18 heavy (non-hydrogen) atoms. The first kappa shape index (κ1) is 14.4. The number of carbonyl (C=O) groups is 1.